The van der Waals surface area contributed by atoms with Gasteiger partial charge in [-0.05, 0) is 19.5 Å². The Labute approximate surface area is 101 Å². The lowest BCUT2D eigenvalue weighted by molar-refractivity contribution is 0.604. The standard InChI is InChI=1S/C12H19N5/c1-3-13-8-12-5-6-14-17(12)10-11-7-15-16(4-2)9-11/h5-7,9,13H,3-4,8,10H2,1-2H3. The summed E-state index contributed by atoms with van der Waals surface area (Å²) < 4.78 is 3.95. The summed E-state index contributed by atoms with van der Waals surface area (Å²) in [6, 6.07) is 2.05. The normalized spacial score (nSPS) is 10.9. The molecule has 0 aliphatic carbocycles. The number of hydrogen-bond donors (Lipinski definition) is 1. The van der Waals surface area contributed by atoms with Crippen molar-refractivity contribution in [2.75, 3.05) is 6.54 Å². The molecule has 0 unspecified atom stereocenters. The maximum absolute atomic E-state index is 4.34. The fourth-order valence-electron chi connectivity index (χ4n) is 1.74. The summed E-state index contributed by atoms with van der Waals surface area (Å²) in [5.74, 6) is 0. The lowest BCUT2D eigenvalue weighted by Gasteiger charge is -2.06. The lowest BCUT2D eigenvalue weighted by atomic mass is 10.3. The van der Waals surface area contributed by atoms with Gasteiger partial charge in [-0.3, -0.25) is 9.36 Å². The van der Waals surface area contributed by atoms with Gasteiger partial charge in [0.05, 0.1) is 18.4 Å². The van der Waals surface area contributed by atoms with Crippen LogP contribution >= 0.6 is 0 Å². The van der Waals surface area contributed by atoms with Crippen molar-refractivity contribution in [2.45, 2.75) is 33.5 Å². The van der Waals surface area contributed by atoms with E-state index >= 15 is 0 Å². The highest BCUT2D eigenvalue weighted by Gasteiger charge is 2.04. The molecule has 2 rings (SSSR count). The van der Waals surface area contributed by atoms with Gasteiger partial charge in [-0.25, -0.2) is 0 Å². The Kier molecular flexibility index (Phi) is 3.93. The van der Waals surface area contributed by atoms with Gasteiger partial charge in [-0.1, -0.05) is 6.92 Å². The van der Waals surface area contributed by atoms with E-state index in [1.165, 1.54) is 11.3 Å². The van der Waals surface area contributed by atoms with Crippen molar-refractivity contribution in [1.29, 1.82) is 0 Å². The average Bonchev–Trinajstić information content (AvgIpc) is 2.96. The van der Waals surface area contributed by atoms with E-state index in [-0.39, 0.29) is 0 Å². The van der Waals surface area contributed by atoms with Gasteiger partial charge >= 0.3 is 0 Å². The Balaban J connectivity index is 2.04. The van der Waals surface area contributed by atoms with Crippen LogP contribution in [0.25, 0.3) is 0 Å². The zero-order valence-corrected chi connectivity index (χ0v) is 10.4. The Hall–Kier alpha value is -1.62. The molecule has 0 aromatic carbocycles. The zero-order chi connectivity index (χ0) is 12.1. The summed E-state index contributed by atoms with van der Waals surface area (Å²) in [6.07, 6.45) is 5.82. The van der Waals surface area contributed by atoms with E-state index in [4.69, 9.17) is 0 Å². The van der Waals surface area contributed by atoms with Crippen LogP contribution in [0.15, 0.2) is 24.7 Å². The number of aromatic nitrogens is 4. The van der Waals surface area contributed by atoms with E-state index in [0.717, 1.165) is 26.2 Å². The molecule has 0 fully saturated rings. The number of rotatable bonds is 6. The SMILES string of the molecule is CCNCc1ccnn1Cc1cnn(CC)c1. The second-order valence-corrected chi connectivity index (χ2v) is 3.96. The van der Waals surface area contributed by atoms with Crippen LogP contribution in [0.4, 0.5) is 0 Å². The van der Waals surface area contributed by atoms with Gasteiger partial charge in [0.25, 0.3) is 0 Å². The Morgan fingerprint density at radius 2 is 2.18 bits per heavy atom. The molecule has 5 nitrogen and oxygen atoms in total. The van der Waals surface area contributed by atoms with Crippen LogP contribution in [0, 0.1) is 0 Å². The van der Waals surface area contributed by atoms with Crippen LogP contribution in [0.3, 0.4) is 0 Å². The van der Waals surface area contributed by atoms with Crippen molar-refractivity contribution in [3.63, 3.8) is 0 Å². The predicted octanol–water partition coefficient (Wildman–Crippen LogP) is 1.26. The Morgan fingerprint density at radius 1 is 1.29 bits per heavy atom. The molecule has 2 aromatic heterocycles. The molecular weight excluding hydrogens is 214 g/mol. The molecule has 0 amide bonds. The van der Waals surface area contributed by atoms with Crippen molar-refractivity contribution in [3.8, 4) is 0 Å². The third kappa shape index (κ3) is 2.94. The highest BCUT2D eigenvalue weighted by atomic mass is 15.3. The molecule has 0 radical (unpaired) electrons. The van der Waals surface area contributed by atoms with E-state index in [1.807, 2.05) is 27.8 Å². The summed E-state index contributed by atoms with van der Waals surface area (Å²) in [5, 5.41) is 11.9. The van der Waals surface area contributed by atoms with E-state index in [0.29, 0.717) is 0 Å². The first kappa shape index (κ1) is 11.9. The molecule has 0 spiro atoms. The van der Waals surface area contributed by atoms with Crippen LogP contribution in [-0.4, -0.2) is 26.1 Å². The summed E-state index contributed by atoms with van der Waals surface area (Å²) in [4.78, 5) is 0. The Bertz CT molecular complexity index is 457. The van der Waals surface area contributed by atoms with E-state index in [1.54, 1.807) is 0 Å². The highest BCUT2D eigenvalue weighted by Crippen LogP contribution is 2.05. The molecule has 0 saturated heterocycles. The van der Waals surface area contributed by atoms with Gasteiger partial charge in [0.15, 0.2) is 0 Å². The van der Waals surface area contributed by atoms with Crippen molar-refractivity contribution >= 4 is 0 Å². The minimum Gasteiger partial charge on any atom is -0.311 e. The van der Waals surface area contributed by atoms with Crippen molar-refractivity contribution in [2.24, 2.45) is 0 Å². The summed E-state index contributed by atoms with van der Waals surface area (Å²) >= 11 is 0. The molecule has 0 atom stereocenters. The smallest absolute Gasteiger partial charge is 0.0693 e. The molecular formula is C12H19N5. The molecule has 5 heteroatoms. The van der Waals surface area contributed by atoms with Gasteiger partial charge in [0.1, 0.15) is 0 Å². The molecule has 92 valence electrons. The number of nitrogens with zero attached hydrogens (tertiary/aromatic N) is 4. The van der Waals surface area contributed by atoms with Gasteiger partial charge in [-0.2, -0.15) is 10.2 Å². The molecule has 0 aliphatic rings. The van der Waals surface area contributed by atoms with Crippen LogP contribution in [0.2, 0.25) is 0 Å². The first-order chi connectivity index (χ1) is 8.33. The van der Waals surface area contributed by atoms with Gasteiger partial charge < -0.3 is 5.32 Å². The van der Waals surface area contributed by atoms with Crippen molar-refractivity contribution in [3.05, 3.63) is 35.9 Å². The third-order valence-electron chi connectivity index (χ3n) is 2.70. The Morgan fingerprint density at radius 3 is 2.88 bits per heavy atom. The topological polar surface area (TPSA) is 47.7 Å². The van der Waals surface area contributed by atoms with E-state index in [9.17, 15) is 0 Å². The first-order valence-electron chi connectivity index (χ1n) is 6.06. The molecule has 0 bridgehead atoms. The average molecular weight is 233 g/mol. The third-order valence-corrected chi connectivity index (χ3v) is 2.70. The van der Waals surface area contributed by atoms with Crippen LogP contribution in [0.5, 0.6) is 0 Å². The summed E-state index contributed by atoms with van der Waals surface area (Å²) in [7, 11) is 0. The molecule has 2 aromatic rings. The molecule has 0 aliphatic heterocycles. The monoisotopic (exact) mass is 233 g/mol. The van der Waals surface area contributed by atoms with Crippen LogP contribution in [0.1, 0.15) is 25.1 Å². The van der Waals surface area contributed by atoms with Gasteiger partial charge in [-0.15, -0.1) is 0 Å². The maximum atomic E-state index is 4.34. The van der Waals surface area contributed by atoms with Crippen molar-refractivity contribution in [1.82, 2.24) is 24.9 Å². The molecule has 17 heavy (non-hydrogen) atoms. The maximum Gasteiger partial charge on any atom is 0.0693 e. The summed E-state index contributed by atoms with van der Waals surface area (Å²) in [5.41, 5.74) is 2.39. The minimum atomic E-state index is 0.785. The molecule has 2 heterocycles. The number of aryl methyl sites for hydroxylation is 1. The second kappa shape index (κ2) is 5.63. The van der Waals surface area contributed by atoms with Crippen LogP contribution in [-0.2, 0) is 19.6 Å². The lowest BCUT2D eigenvalue weighted by Crippen LogP contribution is -2.16. The number of hydrogen-bond acceptors (Lipinski definition) is 3. The second-order valence-electron chi connectivity index (χ2n) is 3.96. The molecule has 0 saturated carbocycles. The van der Waals surface area contributed by atoms with Gasteiger partial charge in [0, 0.05) is 31.0 Å². The van der Waals surface area contributed by atoms with E-state index in [2.05, 4.69) is 35.6 Å². The van der Waals surface area contributed by atoms with Crippen molar-refractivity contribution < 1.29 is 0 Å². The van der Waals surface area contributed by atoms with E-state index < -0.39 is 0 Å². The molecule has 1 N–H and O–H groups in total. The zero-order valence-electron chi connectivity index (χ0n) is 10.4. The van der Waals surface area contributed by atoms with Gasteiger partial charge in [0.2, 0.25) is 0 Å². The predicted molar refractivity (Wildman–Crippen MR) is 66.6 cm³/mol. The quantitative estimate of drug-likeness (QED) is 0.817. The number of nitrogens with one attached hydrogen (secondary N) is 1. The fraction of sp³-hybridized carbons (Fsp3) is 0.500. The highest BCUT2D eigenvalue weighted by molar-refractivity contribution is 5.08. The largest absolute Gasteiger partial charge is 0.311 e. The minimum absolute atomic E-state index is 0.785. The fourth-order valence-corrected chi connectivity index (χ4v) is 1.74. The summed E-state index contributed by atoms with van der Waals surface area (Å²) in [6.45, 7) is 7.71. The first-order valence-corrected chi connectivity index (χ1v) is 6.06. The van der Waals surface area contributed by atoms with Crippen LogP contribution < -0.4 is 5.32 Å².